The summed E-state index contributed by atoms with van der Waals surface area (Å²) in [6.45, 7) is 18.8. The lowest BCUT2D eigenvalue weighted by Gasteiger charge is -2.43. The average molecular weight is 327 g/mol. The van der Waals surface area contributed by atoms with Crippen LogP contribution in [0.4, 0.5) is 0 Å². The summed E-state index contributed by atoms with van der Waals surface area (Å²) in [6, 6.07) is 0.474. The summed E-state index contributed by atoms with van der Waals surface area (Å²) in [4.78, 5) is 0. The Labute approximate surface area is 139 Å². The van der Waals surface area contributed by atoms with Crippen molar-refractivity contribution >= 4 is 13.8 Å². The third kappa shape index (κ3) is 4.57. The molecule has 0 radical (unpaired) electrons. The standard InChI is InChI=1S/C18H38N2OSi/c1-9-11-17(22(7,8)18(3,4)5)15(2)19-20-13-10-12-16(20)14-21-6/h16-17H,9-14H2,1-8H3/b19-15+/t16-,17-/m0/s1. The molecule has 1 fully saturated rings. The molecule has 0 aromatic rings. The van der Waals surface area contributed by atoms with Gasteiger partial charge in [0, 0.05) is 19.4 Å². The molecule has 0 aromatic heterocycles. The molecule has 22 heavy (non-hydrogen) atoms. The van der Waals surface area contributed by atoms with E-state index in [2.05, 4.69) is 52.7 Å². The highest BCUT2D eigenvalue weighted by Crippen LogP contribution is 2.46. The van der Waals surface area contributed by atoms with Crippen LogP contribution in [0.1, 0.15) is 60.3 Å². The second-order valence-electron chi connectivity index (χ2n) is 8.47. The van der Waals surface area contributed by atoms with Gasteiger partial charge in [0.15, 0.2) is 0 Å². The fraction of sp³-hybridized carbons (Fsp3) is 0.944. The van der Waals surface area contributed by atoms with E-state index in [9.17, 15) is 0 Å². The maximum atomic E-state index is 5.36. The third-order valence-electron chi connectivity index (χ3n) is 5.88. The molecular formula is C18H38N2OSi. The molecule has 1 rings (SSSR count). The molecule has 3 nitrogen and oxygen atoms in total. The second-order valence-corrected chi connectivity index (χ2v) is 14.1. The summed E-state index contributed by atoms with van der Waals surface area (Å²) in [5, 5.41) is 7.78. The normalized spacial score (nSPS) is 22.3. The minimum Gasteiger partial charge on any atom is -0.382 e. The van der Waals surface area contributed by atoms with E-state index < -0.39 is 8.07 Å². The maximum absolute atomic E-state index is 5.36. The van der Waals surface area contributed by atoms with Crippen molar-refractivity contribution in [3.63, 3.8) is 0 Å². The molecular weight excluding hydrogens is 288 g/mol. The van der Waals surface area contributed by atoms with Crippen LogP contribution >= 0.6 is 0 Å². The molecule has 1 aliphatic heterocycles. The number of methoxy groups -OCH3 is 1. The summed E-state index contributed by atoms with van der Waals surface area (Å²) in [7, 11) is 0.375. The van der Waals surface area contributed by atoms with Crippen LogP contribution in [0.25, 0.3) is 0 Å². The van der Waals surface area contributed by atoms with Crippen LogP contribution in [0.5, 0.6) is 0 Å². The van der Waals surface area contributed by atoms with Crippen molar-refractivity contribution in [3.8, 4) is 0 Å². The lowest BCUT2D eigenvalue weighted by molar-refractivity contribution is 0.117. The van der Waals surface area contributed by atoms with Gasteiger partial charge in [0.1, 0.15) is 0 Å². The number of rotatable bonds is 7. The van der Waals surface area contributed by atoms with Crippen molar-refractivity contribution in [2.24, 2.45) is 5.10 Å². The highest BCUT2D eigenvalue weighted by Gasteiger charge is 2.43. The number of hydrogen-bond acceptors (Lipinski definition) is 3. The summed E-state index contributed by atoms with van der Waals surface area (Å²) >= 11 is 0. The fourth-order valence-corrected chi connectivity index (χ4v) is 6.65. The molecule has 1 aliphatic rings. The van der Waals surface area contributed by atoms with Gasteiger partial charge in [-0.25, -0.2) is 0 Å². The molecule has 130 valence electrons. The summed E-state index contributed by atoms with van der Waals surface area (Å²) < 4.78 is 5.36. The topological polar surface area (TPSA) is 24.8 Å². The Morgan fingerprint density at radius 3 is 2.50 bits per heavy atom. The van der Waals surface area contributed by atoms with E-state index in [1.165, 1.54) is 31.4 Å². The quantitative estimate of drug-likeness (QED) is 0.477. The first-order valence-electron chi connectivity index (χ1n) is 8.95. The molecule has 1 heterocycles. The van der Waals surface area contributed by atoms with Crippen molar-refractivity contribution in [2.45, 2.75) is 90.0 Å². The van der Waals surface area contributed by atoms with Crippen molar-refractivity contribution in [2.75, 3.05) is 20.3 Å². The molecule has 0 aromatic carbocycles. The minimum absolute atomic E-state index is 0.403. The van der Waals surface area contributed by atoms with Crippen LogP contribution in [0.3, 0.4) is 0 Å². The van der Waals surface area contributed by atoms with Crippen LogP contribution in [0.2, 0.25) is 23.7 Å². The van der Waals surface area contributed by atoms with E-state index in [0.717, 1.165) is 13.2 Å². The molecule has 1 saturated heterocycles. The molecule has 0 aliphatic carbocycles. The fourth-order valence-electron chi connectivity index (χ4n) is 3.49. The summed E-state index contributed by atoms with van der Waals surface area (Å²) in [6.07, 6.45) is 4.96. The van der Waals surface area contributed by atoms with Gasteiger partial charge in [-0.1, -0.05) is 47.2 Å². The van der Waals surface area contributed by atoms with Gasteiger partial charge in [-0.3, -0.25) is 5.01 Å². The summed E-state index contributed by atoms with van der Waals surface area (Å²) in [5.74, 6) is 0. The maximum Gasteiger partial charge on any atom is 0.0704 e. The SMILES string of the molecule is CCC[C@@H](/C(C)=N/N1CCC[C@H]1COC)[Si](C)(C)C(C)(C)C. The van der Waals surface area contributed by atoms with E-state index in [-0.39, 0.29) is 0 Å². The Morgan fingerprint density at radius 2 is 2.00 bits per heavy atom. The van der Waals surface area contributed by atoms with E-state index in [0.29, 0.717) is 16.6 Å². The second kappa shape index (κ2) is 7.96. The van der Waals surface area contributed by atoms with Crippen molar-refractivity contribution in [1.29, 1.82) is 0 Å². The lowest BCUT2D eigenvalue weighted by Crippen LogP contribution is -2.45. The first-order valence-corrected chi connectivity index (χ1v) is 12.0. The Kier molecular flexibility index (Phi) is 7.12. The zero-order valence-electron chi connectivity index (χ0n) is 16.2. The van der Waals surface area contributed by atoms with Crippen LogP contribution in [0, 0.1) is 0 Å². The van der Waals surface area contributed by atoms with Gasteiger partial charge in [0.25, 0.3) is 0 Å². The van der Waals surface area contributed by atoms with E-state index >= 15 is 0 Å². The number of nitrogens with zero attached hydrogens (tertiary/aromatic N) is 2. The molecule has 0 spiro atoms. The molecule has 0 bridgehead atoms. The zero-order chi connectivity index (χ0) is 17.0. The monoisotopic (exact) mass is 326 g/mol. The molecule has 0 amide bonds. The van der Waals surface area contributed by atoms with E-state index in [1.54, 1.807) is 7.11 Å². The van der Waals surface area contributed by atoms with Crippen LogP contribution in [-0.4, -0.2) is 45.1 Å². The van der Waals surface area contributed by atoms with Gasteiger partial charge in [-0.05, 0) is 36.8 Å². The minimum atomic E-state index is -1.42. The molecule has 2 atom stereocenters. The predicted molar refractivity (Wildman–Crippen MR) is 101 cm³/mol. The molecule has 0 unspecified atom stereocenters. The van der Waals surface area contributed by atoms with Crippen LogP contribution < -0.4 is 0 Å². The van der Waals surface area contributed by atoms with Crippen LogP contribution in [-0.2, 0) is 4.74 Å². The first-order chi connectivity index (χ1) is 10.1. The van der Waals surface area contributed by atoms with E-state index in [1.807, 2.05) is 0 Å². The smallest absolute Gasteiger partial charge is 0.0704 e. The van der Waals surface area contributed by atoms with Gasteiger partial charge in [-0.15, -0.1) is 0 Å². The molecule has 0 saturated carbocycles. The number of hydrogen-bond donors (Lipinski definition) is 0. The predicted octanol–water partition coefficient (Wildman–Crippen LogP) is 5.15. The zero-order valence-corrected chi connectivity index (χ0v) is 17.2. The Morgan fingerprint density at radius 1 is 1.36 bits per heavy atom. The van der Waals surface area contributed by atoms with Gasteiger partial charge >= 0.3 is 0 Å². The van der Waals surface area contributed by atoms with Gasteiger partial charge in [-0.2, -0.15) is 5.10 Å². The van der Waals surface area contributed by atoms with Crippen molar-refractivity contribution < 1.29 is 4.74 Å². The van der Waals surface area contributed by atoms with E-state index in [4.69, 9.17) is 9.84 Å². The highest BCUT2D eigenvalue weighted by molar-refractivity contribution is 6.84. The van der Waals surface area contributed by atoms with Crippen LogP contribution in [0.15, 0.2) is 5.10 Å². The highest BCUT2D eigenvalue weighted by atomic mass is 28.3. The average Bonchev–Trinajstić information content (AvgIpc) is 2.82. The van der Waals surface area contributed by atoms with Crippen molar-refractivity contribution in [1.82, 2.24) is 5.01 Å². The lowest BCUT2D eigenvalue weighted by atomic mass is 10.2. The van der Waals surface area contributed by atoms with Gasteiger partial charge in [0.2, 0.25) is 0 Å². The largest absolute Gasteiger partial charge is 0.382 e. The Hall–Kier alpha value is -0.353. The Bertz CT molecular complexity index is 374. The number of ether oxygens (including phenoxy) is 1. The van der Waals surface area contributed by atoms with Gasteiger partial charge in [0.05, 0.1) is 20.7 Å². The third-order valence-corrected chi connectivity index (χ3v) is 12.2. The molecule has 0 N–H and O–H groups in total. The van der Waals surface area contributed by atoms with Gasteiger partial charge < -0.3 is 4.74 Å². The number of hydrazone groups is 1. The molecule has 4 heteroatoms. The Balaban J connectivity index is 2.97. The first kappa shape index (κ1) is 19.7. The van der Waals surface area contributed by atoms with Crippen molar-refractivity contribution in [3.05, 3.63) is 0 Å². The summed E-state index contributed by atoms with van der Waals surface area (Å²) in [5.41, 5.74) is 2.03.